The minimum atomic E-state index is -0.365. The van der Waals surface area contributed by atoms with Crippen molar-refractivity contribution in [2.45, 2.75) is 6.42 Å². The van der Waals surface area contributed by atoms with Crippen molar-refractivity contribution in [3.63, 3.8) is 0 Å². The molecular weight excluding hydrogens is 203 g/mol. The van der Waals surface area contributed by atoms with E-state index in [1.165, 1.54) is 12.1 Å². The van der Waals surface area contributed by atoms with Crippen molar-refractivity contribution in [1.82, 2.24) is 0 Å². The molecule has 0 aliphatic heterocycles. The van der Waals surface area contributed by atoms with Crippen LogP contribution in [-0.2, 0) is 6.42 Å². The Morgan fingerprint density at radius 3 is 2.44 bits per heavy atom. The quantitative estimate of drug-likeness (QED) is 0.717. The van der Waals surface area contributed by atoms with Gasteiger partial charge in [-0.3, -0.25) is 4.79 Å². The minimum Gasteiger partial charge on any atom is -0.298 e. The average molecular weight is 214 g/mol. The molecule has 0 amide bonds. The maximum Gasteiger partial charge on any atom is 0.150 e. The third kappa shape index (κ3) is 2.54. The van der Waals surface area contributed by atoms with Crippen molar-refractivity contribution >= 4 is 6.29 Å². The molecule has 2 rings (SSSR count). The van der Waals surface area contributed by atoms with Crippen LogP contribution in [-0.4, -0.2) is 6.29 Å². The Hall–Kier alpha value is -1.96. The molecule has 2 aromatic carbocycles. The maximum absolute atomic E-state index is 13.2. The topological polar surface area (TPSA) is 17.1 Å². The second kappa shape index (κ2) is 4.71. The monoisotopic (exact) mass is 214 g/mol. The first-order valence-corrected chi connectivity index (χ1v) is 5.06. The fourth-order valence-corrected chi connectivity index (χ4v) is 1.68. The van der Waals surface area contributed by atoms with Gasteiger partial charge in [-0.1, -0.05) is 30.3 Å². The number of hydrogen-bond acceptors (Lipinski definition) is 1. The van der Waals surface area contributed by atoms with E-state index in [9.17, 15) is 9.18 Å². The van der Waals surface area contributed by atoms with E-state index in [0.29, 0.717) is 18.3 Å². The van der Waals surface area contributed by atoms with Gasteiger partial charge in [0.05, 0.1) is 0 Å². The summed E-state index contributed by atoms with van der Waals surface area (Å²) in [5.41, 5.74) is 2.30. The van der Waals surface area contributed by atoms with Gasteiger partial charge in [-0.2, -0.15) is 0 Å². The van der Waals surface area contributed by atoms with Crippen LogP contribution in [0.4, 0.5) is 4.39 Å². The van der Waals surface area contributed by atoms with Crippen molar-refractivity contribution in [2.75, 3.05) is 0 Å². The van der Waals surface area contributed by atoms with Crippen LogP contribution in [0, 0.1) is 5.82 Å². The highest BCUT2D eigenvalue weighted by Crippen LogP contribution is 2.12. The zero-order chi connectivity index (χ0) is 11.4. The Kier molecular flexibility index (Phi) is 3.10. The fraction of sp³-hybridized carbons (Fsp3) is 0.0714. The highest BCUT2D eigenvalue weighted by Gasteiger charge is 2.01. The lowest BCUT2D eigenvalue weighted by Gasteiger charge is -2.03. The Balaban J connectivity index is 2.28. The summed E-state index contributed by atoms with van der Waals surface area (Å²) in [5, 5.41) is 0. The number of benzene rings is 2. The molecule has 0 radical (unpaired) electrons. The molecule has 0 aliphatic carbocycles. The first-order chi connectivity index (χ1) is 7.78. The van der Waals surface area contributed by atoms with Crippen molar-refractivity contribution in [3.8, 4) is 0 Å². The summed E-state index contributed by atoms with van der Waals surface area (Å²) in [6.45, 7) is 0. The molecule has 2 heteroatoms. The van der Waals surface area contributed by atoms with Gasteiger partial charge in [-0.15, -0.1) is 0 Å². The molecular formula is C14H11FO. The predicted molar refractivity (Wildman–Crippen MR) is 61.0 cm³/mol. The number of halogens is 1. The smallest absolute Gasteiger partial charge is 0.150 e. The lowest BCUT2D eigenvalue weighted by atomic mass is 10.0. The fourth-order valence-electron chi connectivity index (χ4n) is 1.68. The summed E-state index contributed by atoms with van der Waals surface area (Å²) < 4.78 is 13.2. The zero-order valence-electron chi connectivity index (χ0n) is 8.69. The summed E-state index contributed by atoms with van der Waals surface area (Å²) >= 11 is 0. The second-order valence-electron chi connectivity index (χ2n) is 3.67. The van der Waals surface area contributed by atoms with Crippen LogP contribution in [0.3, 0.4) is 0 Å². The molecule has 0 aliphatic rings. The Labute approximate surface area is 93.5 Å². The zero-order valence-corrected chi connectivity index (χ0v) is 8.69. The summed E-state index contributed by atoms with van der Waals surface area (Å²) in [6.07, 6.45) is 1.30. The first-order valence-electron chi connectivity index (χ1n) is 5.06. The van der Waals surface area contributed by atoms with Crippen LogP contribution in [0.5, 0.6) is 0 Å². The molecule has 0 saturated carbocycles. The number of carbonyl (C=O) groups is 1. The van der Waals surface area contributed by atoms with Gasteiger partial charge in [-0.05, 0) is 35.7 Å². The third-order valence-corrected chi connectivity index (χ3v) is 2.37. The molecule has 0 fully saturated rings. The van der Waals surface area contributed by atoms with Crippen molar-refractivity contribution < 1.29 is 9.18 Å². The third-order valence-electron chi connectivity index (χ3n) is 2.37. The summed E-state index contributed by atoms with van der Waals surface area (Å²) in [7, 11) is 0. The molecule has 0 bridgehead atoms. The summed E-state index contributed by atoms with van der Waals surface area (Å²) in [6, 6.07) is 14.2. The lowest BCUT2D eigenvalue weighted by Crippen LogP contribution is -1.92. The average Bonchev–Trinajstić information content (AvgIpc) is 2.29. The van der Waals surface area contributed by atoms with E-state index in [4.69, 9.17) is 0 Å². The van der Waals surface area contributed by atoms with Gasteiger partial charge in [0, 0.05) is 5.56 Å². The van der Waals surface area contributed by atoms with E-state index in [-0.39, 0.29) is 5.82 Å². The second-order valence-corrected chi connectivity index (χ2v) is 3.67. The van der Waals surface area contributed by atoms with E-state index in [0.717, 1.165) is 11.1 Å². The molecule has 0 heterocycles. The molecule has 80 valence electrons. The van der Waals surface area contributed by atoms with Gasteiger partial charge >= 0.3 is 0 Å². The van der Waals surface area contributed by atoms with Crippen LogP contribution in [0.1, 0.15) is 21.5 Å². The van der Waals surface area contributed by atoms with Crippen molar-refractivity contribution in [3.05, 3.63) is 71.0 Å². The molecule has 0 unspecified atom stereocenters. The number of hydrogen-bond donors (Lipinski definition) is 0. The number of rotatable bonds is 3. The highest BCUT2D eigenvalue weighted by molar-refractivity contribution is 5.75. The van der Waals surface area contributed by atoms with E-state index in [1.54, 1.807) is 6.07 Å². The van der Waals surface area contributed by atoms with Crippen molar-refractivity contribution in [2.24, 2.45) is 0 Å². The molecule has 2 aromatic rings. The highest BCUT2D eigenvalue weighted by atomic mass is 19.1. The standard InChI is InChI=1S/C14H11FO/c15-14-8-12(7-13(9-14)10-16)6-11-4-2-1-3-5-11/h1-5,7-10H,6H2. The lowest BCUT2D eigenvalue weighted by molar-refractivity contribution is 0.112. The van der Waals surface area contributed by atoms with Gasteiger partial charge in [0.2, 0.25) is 0 Å². The largest absolute Gasteiger partial charge is 0.298 e. The molecule has 1 nitrogen and oxygen atoms in total. The van der Waals surface area contributed by atoms with E-state index in [1.807, 2.05) is 30.3 Å². The summed E-state index contributed by atoms with van der Waals surface area (Å²) in [4.78, 5) is 10.6. The van der Waals surface area contributed by atoms with Gasteiger partial charge < -0.3 is 0 Å². The van der Waals surface area contributed by atoms with Gasteiger partial charge in [0.1, 0.15) is 12.1 Å². The first kappa shape index (κ1) is 10.6. The van der Waals surface area contributed by atoms with Crippen LogP contribution in [0.2, 0.25) is 0 Å². The van der Waals surface area contributed by atoms with Crippen molar-refractivity contribution in [1.29, 1.82) is 0 Å². The SMILES string of the molecule is O=Cc1cc(F)cc(Cc2ccccc2)c1. The van der Waals surface area contributed by atoms with Crippen LogP contribution in [0.15, 0.2) is 48.5 Å². The Morgan fingerprint density at radius 1 is 1.00 bits per heavy atom. The number of carbonyl (C=O) groups excluding carboxylic acids is 1. The van der Waals surface area contributed by atoms with Gasteiger partial charge in [-0.25, -0.2) is 4.39 Å². The minimum absolute atomic E-state index is 0.365. The predicted octanol–water partition coefficient (Wildman–Crippen LogP) is 3.23. The normalized spacial score (nSPS) is 10.1. The van der Waals surface area contributed by atoms with E-state index >= 15 is 0 Å². The molecule has 0 N–H and O–H groups in total. The molecule has 0 aromatic heterocycles. The van der Waals surface area contributed by atoms with Gasteiger partial charge in [0.15, 0.2) is 0 Å². The molecule has 16 heavy (non-hydrogen) atoms. The molecule has 0 spiro atoms. The summed E-state index contributed by atoms with van der Waals surface area (Å²) in [5.74, 6) is -0.365. The molecule has 0 atom stereocenters. The number of aldehydes is 1. The van der Waals surface area contributed by atoms with Gasteiger partial charge in [0.25, 0.3) is 0 Å². The van der Waals surface area contributed by atoms with Crippen LogP contribution < -0.4 is 0 Å². The van der Waals surface area contributed by atoms with E-state index in [2.05, 4.69) is 0 Å². The molecule has 0 saturated heterocycles. The Bertz CT molecular complexity index is 491. The Morgan fingerprint density at radius 2 is 1.75 bits per heavy atom. The van der Waals surface area contributed by atoms with E-state index < -0.39 is 0 Å². The maximum atomic E-state index is 13.2. The van der Waals surface area contributed by atoms with Crippen LogP contribution in [0.25, 0.3) is 0 Å². The van der Waals surface area contributed by atoms with Crippen LogP contribution >= 0.6 is 0 Å².